The van der Waals surface area contributed by atoms with Crippen LogP contribution < -0.4 is 10.2 Å². The molecule has 2 aromatic carbocycles. The van der Waals surface area contributed by atoms with Crippen LogP contribution in [0, 0.1) is 11.6 Å². The average molecular weight is 403 g/mol. The molecule has 0 bridgehead atoms. The summed E-state index contributed by atoms with van der Waals surface area (Å²) in [5.74, 6) is -3.21. The van der Waals surface area contributed by atoms with Crippen molar-refractivity contribution in [2.24, 2.45) is 0 Å². The van der Waals surface area contributed by atoms with Crippen LogP contribution in [0.15, 0.2) is 42.5 Å². The Kier molecular flexibility index (Phi) is 6.77. The number of likely N-dealkylation sites (N-methyl/N-ethyl adjacent to an activating group) is 1. The average Bonchev–Trinajstić information content (AvgIpc) is 2.73. The molecule has 29 heavy (non-hydrogen) atoms. The van der Waals surface area contributed by atoms with Crippen molar-refractivity contribution in [3.8, 4) is 0 Å². The van der Waals surface area contributed by atoms with Crippen LogP contribution in [0.2, 0.25) is 0 Å². The van der Waals surface area contributed by atoms with Crippen LogP contribution in [0.3, 0.4) is 0 Å². The third-order valence-corrected chi connectivity index (χ3v) is 4.71. The van der Waals surface area contributed by atoms with E-state index in [1.807, 2.05) is 12.1 Å². The summed E-state index contributed by atoms with van der Waals surface area (Å²) in [6.07, 6.45) is 0. The van der Waals surface area contributed by atoms with Crippen LogP contribution in [-0.4, -0.2) is 56.1 Å². The highest BCUT2D eigenvalue weighted by Gasteiger charge is 2.23. The number of amides is 2. The zero-order chi connectivity index (χ0) is 20.8. The fourth-order valence-corrected chi connectivity index (χ4v) is 3.14. The van der Waals surface area contributed by atoms with Crippen molar-refractivity contribution in [2.45, 2.75) is 6.92 Å². The zero-order valence-corrected chi connectivity index (χ0v) is 16.2. The van der Waals surface area contributed by atoms with Gasteiger partial charge in [0.25, 0.3) is 5.91 Å². The Hall–Kier alpha value is -3.00. The normalized spacial score (nSPS) is 13.8. The Morgan fingerprint density at radius 3 is 2.28 bits per heavy atom. The van der Waals surface area contributed by atoms with Crippen molar-refractivity contribution >= 4 is 23.2 Å². The van der Waals surface area contributed by atoms with Gasteiger partial charge < -0.3 is 19.9 Å². The van der Waals surface area contributed by atoms with E-state index in [0.29, 0.717) is 18.9 Å². The van der Waals surface area contributed by atoms with E-state index in [1.165, 1.54) is 6.07 Å². The number of hydrogen-bond donors (Lipinski definition) is 1. The van der Waals surface area contributed by atoms with Gasteiger partial charge in [0.1, 0.15) is 23.7 Å². The first kappa shape index (κ1) is 20.7. The second-order valence-electron chi connectivity index (χ2n) is 6.61. The molecule has 154 valence electrons. The second kappa shape index (κ2) is 9.47. The van der Waals surface area contributed by atoms with Crippen LogP contribution in [0.4, 0.5) is 20.2 Å². The third kappa shape index (κ3) is 5.08. The standard InChI is InChI=1S/C21H23F2N3O3/c1-2-25(21(28)20-17(22)4-3-5-18(20)23)14-19(27)24-15-6-8-16(9-7-15)26-10-12-29-13-11-26/h3-9H,2,10-14H2,1H3,(H,24,27). The number of nitrogens with one attached hydrogen (secondary N) is 1. The first-order valence-electron chi connectivity index (χ1n) is 9.45. The minimum atomic E-state index is -0.951. The van der Waals surface area contributed by atoms with Crippen molar-refractivity contribution < 1.29 is 23.1 Å². The lowest BCUT2D eigenvalue weighted by Gasteiger charge is -2.29. The van der Waals surface area contributed by atoms with Gasteiger partial charge in [-0.25, -0.2) is 8.78 Å². The van der Waals surface area contributed by atoms with Crippen molar-refractivity contribution in [2.75, 3.05) is 49.6 Å². The number of halogens is 2. The number of benzene rings is 2. The molecule has 6 nitrogen and oxygen atoms in total. The Labute approximate surface area is 168 Å². The molecule has 0 atom stereocenters. The van der Waals surface area contributed by atoms with Crippen LogP contribution in [0.25, 0.3) is 0 Å². The van der Waals surface area contributed by atoms with Crippen LogP contribution in [-0.2, 0) is 9.53 Å². The minimum Gasteiger partial charge on any atom is -0.378 e. The highest BCUT2D eigenvalue weighted by Crippen LogP contribution is 2.19. The minimum absolute atomic E-state index is 0.135. The fourth-order valence-electron chi connectivity index (χ4n) is 3.14. The highest BCUT2D eigenvalue weighted by atomic mass is 19.1. The first-order chi connectivity index (χ1) is 14.0. The molecule has 1 saturated heterocycles. The maximum absolute atomic E-state index is 13.9. The molecule has 3 rings (SSSR count). The Bertz CT molecular complexity index is 848. The molecule has 1 heterocycles. The number of carbonyl (C=O) groups excluding carboxylic acids is 2. The number of hydrogen-bond acceptors (Lipinski definition) is 4. The number of carbonyl (C=O) groups is 2. The summed E-state index contributed by atoms with van der Waals surface area (Å²) >= 11 is 0. The van der Waals surface area contributed by atoms with Gasteiger partial charge in [-0.2, -0.15) is 0 Å². The molecule has 1 fully saturated rings. The molecule has 2 aromatic rings. The third-order valence-electron chi connectivity index (χ3n) is 4.71. The molecule has 0 aromatic heterocycles. The monoisotopic (exact) mass is 403 g/mol. The SMILES string of the molecule is CCN(CC(=O)Nc1ccc(N2CCOCC2)cc1)C(=O)c1c(F)cccc1F. The van der Waals surface area contributed by atoms with Crippen molar-refractivity contribution in [1.82, 2.24) is 4.90 Å². The largest absolute Gasteiger partial charge is 0.378 e. The molecular weight excluding hydrogens is 380 g/mol. The van der Waals surface area contributed by atoms with Crippen molar-refractivity contribution in [3.05, 3.63) is 59.7 Å². The van der Waals surface area contributed by atoms with Gasteiger partial charge in [-0.1, -0.05) is 6.07 Å². The van der Waals surface area contributed by atoms with E-state index in [1.54, 1.807) is 19.1 Å². The van der Waals surface area contributed by atoms with Gasteiger partial charge in [0.2, 0.25) is 5.91 Å². The van der Waals surface area contributed by atoms with E-state index in [0.717, 1.165) is 35.8 Å². The molecule has 1 aliphatic rings. The number of morpholine rings is 1. The summed E-state index contributed by atoms with van der Waals surface area (Å²) in [5.41, 5.74) is 0.955. The molecule has 1 aliphatic heterocycles. The van der Waals surface area contributed by atoms with Crippen LogP contribution in [0.1, 0.15) is 17.3 Å². The highest BCUT2D eigenvalue weighted by molar-refractivity contribution is 5.99. The van der Waals surface area contributed by atoms with Gasteiger partial charge in [0, 0.05) is 31.0 Å². The Morgan fingerprint density at radius 1 is 1.07 bits per heavy atom. The van der Waals surface area contributed by atoms with E-state index >= 15 is 0 Å². The van der Waals surface area contributed by atoms with Gasteiger partial charge in [0.15, 0.2) is 0 Å². The van der Waals surface area contributed by atoms with Gasteiger partial charge in [-0.05, 0) is 43.3 Å². The second-order valence-corrected chi connectivity index (χ2v) is 6.61. The summed E-state index contributed by atoms with van der Waals surface area (Å²) < 4.78 is 33.1. The van der Waals surface area contributed by atoms with Gasteiger partial charge >= 0.3 is 0 Å². The molecule has 2 amide bonds. The van der Waals surface area contributed by atoms with E-state index < -0.39 is 29.0 Å². The fraction of sp³-hybridized carbons (Fsp3) is 0.333. The lowest BCUT2D eigenvalue weighted by atomic mass is 10.1. The molecular formula is C21H23F2N3O3. The molecule has 0 spiro atoms. The molecule has 0 saturated carbocycles. The van der Waals surface area contributed by atoms with Crippen LogP contribution in [0.5, 0.6) is 0 Å². The van der Waals surface area contributed by atoms with Crippen molar-refractivity contribution in [1.29, 1.82) is 0 Å². The number of anilines is 2. The van der Waals surface area contributed by atoms with E-state index in [9.17, 15) is 18.4 Å². The Balaban J connectivity index is 1.62. The summed E-state index contributed by atoms with van der Waals surface area (Å²) in [6, 6.07) is 10.6. The van der Waals surface area contributed by atoms with Gasteiger partial charge in [-0.15, -0.1) is 0 Å². The van der Waals surface area contributed by atoms with Crippen LogP contribution >= 0.6 is 0 Å². The summed E-state index contributed by atoms with van der Waals surface area (Å²) in [6.45, 7) is 4.45. The lowest BCUT2D eigenvalue weighted by Crippen LogP contribution is -2.38. The zero-order valence-electron chi connectivity index (χ0n) is 16.2. The first-order valence-corrected chi connectivity index (χ1v) is 9.45. The number of rotatable bonds is 6. The number of ether oxygens (including phenoxy) is 1. The van der Waals surface area contributed by atoms with E-state index in [-0.39, 0.29) is 13.1 Å². The molecule has 0 aliphatic carbocycles. The molecule has 0 unspecified atom stereocenters. The Morgan fingerprint density at radius 2 is 1.69 bits per heavy atom. The maximum atomic E-state index is 13.9. The maximum Gasteiger partial charge on any atom is 0.260 e. The summed E-state index contributed by atoms with van der Waals surface area (Å²) in [7, 11) is 0. The summed E-state index contributed by atoms with van der Waals surface area (Å²) in [4.78, 5) is 28.1. The quantitative estimate of drug-likeness (QED) is 0.806. The molecule has 0 radical (unpaired) electrons. The van der Waals surface area contributed by atoms with Gasteiger partial charge in [0.05, 0.1) is 13.2 Å². The lowest BCUT2D eigenvalue weighted by molar-refractivity contribution is -0.116. The predicted molar refractivity (Wildman–Crippen MR) is 106 cm³/mol. The predicted octanol–water partition coefficient (Wildman–Crippen LogP) is 2.90. The summed E-state index contributed by atoms with van der Waals surface area (Å²) in [5, 5.41) is 2.71. The van der Waals surface area contributed by atoms with Gasteiger partial charge in [-0.3, -0.25) is 9.59 Å². The van der Waals surface area contributed by atoms with E-state index in [4.69, 9.17) is 4.74 Å². The molecule has 1 N–H and O–H groups in total. The smallest absolute Gasteiger partial charge is 0.260 e. The van der Waals surface area contributed by atoms with Crippen molar-refractivity contribution in [3.63, 3.8) is 0 Å². The number of nitrogens with zero attached hydrogens (tertiary/aromatic N) is 2. The van der Waals surface area contributed by atoms with E-state index in [2.05, 4.69) is 10.2 Å². The topological polar surface area (TPSA) is 61.9 Å². The molecule has 8 heteroatoms.